The largest absolute Gasteiger partial charge is 0.490 e. The van der Waals surface area contributed by atoms with Crippen molar-refractivity contribution in [1.29, 1.82) is 0 Å². The molecule has 0 amide bonds. The van der Waals surface area contributed by atoms with Crippen molar-refractivity contribution in [2.24, 2.45) is 0 Å². The van der Waals surface area contributed by atoms with Crippen LogP contribution in [0.15, 0.2) is 72.8 Å². The average Bonchev–Trinajstić information content (AvgIpc) is 3.04. The van der Waals surface area contributed by atoms with Crippen molar-refractivity contribution < 1.29 is 41.8 Å². The van der Waals surface area contributed by atoms with E-state index in [0.29, 0.717) is 30.0 Å². The van der Waals surface area contributed by atoms with E-state index in [2.05, 4.69) is 46.1 Å². The fraction of sp³-hybridized carbons (Fsp3) is 0.353. The molecule has 0 aromatic heterocycles. The van der Waals surface area contributed by atoms with Gasteiger partial charge in [-0.15, -0.1) is 0 Å². The Hall–Kier alpha value is -4.25. The highest BCUT2D eigenvalue weighted by molar-refractivity contribution is 7.78. The van der Waals surface area contributed by atoms with Gasteiger partial charge in [0.15, 0.2) is 12.1 Å². The summed E-state index contributed by atoms with van der Waals surface area (Å²) in [5.41, 5.74) is 3.76. The standard InChI is InChI=1S/C16H16F3NO.C12H16O2.C3H4O2.C3H6OS/c1-11-3-5-15(6-4-11)21-10-12-7-13(16(17,18)19)9-14(8-12)20-2;1-3-10(9-12(13)14-2)11-7-5-4-6-8-11;1-3(5)2-4;1-2-4-3-5/h3-9,20H,10H2,1-2H3;4-8,10H,3,9H2,1-2H3;2H,1H3;3H,2H2,1H3. The van der Waals surface area contributed by atoms with Crippen LogP contribution in [0.25, 0.3) is 0 Å². The fourth-order valence-corrected chi connectivity index (χ4v) is 3.60. The van der Waals surface area contributed by atoms with E-state index in [4.69, 9.17) is 9.53 Å². The Labute approximate surface area is 269 Å². The number of alkyl halides is 3. The number of nitrogens with one attached hydrogen (secondary N) is 1. The number of methoxy groups -OCH3 is 1. The normalized spacial score (nSPS) is 10.5. The Morgan fingerprint density at radius 2 is 1.60 bits per heavy atom. The van der Waals surface area contributed by atoms with E-state index in [1.807, 2.05) is 44.2 Å². The van der Waals surface area contributed by atoms with Crippen LogP contribution in [-0.4, -0.2) is 44.4 Å². The van der Waals surface area contributed by atoms with Crippen LogP contribution in [0.1, 0.15) is 61.8 Å². The second-order valence-corrected chi connectivity index (χ2v) is 9.54. The molecule has 1 N–H and O–H groups in total. The van der Waals surface area contributed by atoms with Gasteiger partial charge in [-0.25, -0.2) is 0 Å². The second-order valence-electron chi connectivity index (χ2n) is 9.34. The third-order valence-corrected chi connectivity index (χ3v) is 5.98. The first-order valence-electron chi connectivity index (χ1n) is 14.1. The highest BCUT2D eigenvalue weighted by Gasteiger charge is 2.31. The molecular formula is C34H42F3NO6S. The van der Waals surface area contributed by atoms with Gasteiger partial charge in [-0.2, -0.15) is 13.2 Å². The van der Waals surface area contributed by atoms with E-state index >= 15 is 0 Å². The van der Waals surface area contributed by atoms with Gasteiger partial charge >= 0.3 is 12.1 Å². The molecule has 0 saturated heterocycles. The number of aldehydes is 1. The Morgan fingerprint density at radius 1 is 1.00 bits per heavy atom. The summed E-state index contributed by atoms with van der Waals surface area (Å²) in [5.74, 6) is 0.346. The fourth-order valence-electron chi connectivity index (χ4n) is 3.46. The van der Waals surface area contributed by atoms with Gasteiger partial charge in [0.1, 0.15) is 17.9 Å². The maximum Gasteiger partial charge on any atom is 0.416 e. The Kier molecular flexibility index (Phi) is 21.0. The van der Waals surface area contributed by atoms with Gasteiger partial charge in [0, 0.05) is 19.7 Å². The van der Waals surface area contributed by atoms with Gasteiger partial charge in [-0.3, -0.25) is 14.4 Å². The van der Waals surface area contributed by atoms with Crippen LogP contribution in [0.3, 0.4) is 0 Å². The lowest BCUT2D eigenvalue weighted by Gasteiger charge is -2.13. The molecule has 246 valence electrons. The number of carbonyl (C=O) groups is 3. The lowest BCUT2D eigenvalue weighted by atomic mass is 9.93. The summed E-state index contributed by atoms with van der Waals surface area (Å²) in [4.78, 5) is 29.7. The zero-order valence-corrected chi connectivity index (χ0v) is 27.3. The molecule has 45 heavy (non-hydrogen) atoms. The molecule has 3 aromatic carbocycles. The van der Waals surface area contributed by atoms with Crippen molar-refractivity contribution in [2.75, 3.05) is 26.1 Å². The highest BCUT2D eigenvalue weighted by Crippen LogP contribution is 2.32. The summed E-state index contributed by atoms with van der Waals surface area (Å²) in [6, 6.07) is 21.3. The molecule has 0 heterocycles. The molecule has 0 radical (unpaired) electrons. The molecule has 1 atom stereocenters. The summed E-state index contributed by atoms with van der Waals surface area (Å²) in [7, 11) is 3.01. The number of esters is 1. The number of rotatable bonds is 11. The van der Waals surface area contributed by atoms with Gasteiger partial charge in [0.2, 0.25) is 0 Å². The third-order valence-electron chi connectivity index (χ3n) is 5.84. The van der Waals surface area contributed by atoms with Crippen molar-refractivity contribution in [1.82, 2.24) is 0 Å². The molecule has 11 heteroatoms. The van der Waals surface area contributed by atoms with Crippen LogP contribution in [0.2, 0.25) is 0 Å². The number of aryl methyl sites for hydroxylation is 1. The number of hydrogen-bond acceptors (Lipinski definition) is 8. The van der Waals surface area contributed by atoms with E-state index in [-0.39, 0.29) is 24.8 Å². The van der Waals surface area contributed by atoms with Crippen molar-refractivity contribution in [2.45, 2.75) is 59.2 Å². The number of halogens is 3. The van der Waals surface area contributed by atoms with Crippen LogP contribution in [0.4, 0.5) is 18.9 Å². The minimum Gasteiger partial charge on any atom is -0.490 e. The first kappa shape index (κ1) is 40.8. The number of anilines is 1. The minimum atomic E-state index is -4.37. The van der Waals surface area contributed by atoms with Crippen molar-refractivity contribution >= 4 is 41.5 Å². The molecule has 0 bridgehead atoms. The number of ether oxygens (including phenoxy) is 3. The van der Waals surface area contributed by atoms with Crippen LogP contribution in [0.5, 0.6) is 5.75 Å². The zero-order valence-electron chi connectivity index (χ0n) is 26.5. The molecule has 1 unspecified atom stereocenters. The van der Waals surface area contributed by atoms with Gasteiger partial charge in [-0.1, -0.05) is 55.0 Å². The Bertz CT molecular complexity index is 1290. The predicted octanol–water partition coefficient (Wildman–Crippen LogP) is 8.13. The van der Waals surface area contributed by atoms with Crippen molar-refractivity contribution in [3.05, 3.63) is 95.1 Å². The first-order chi connectivity index (χ1) is 21.3. The lowest BCUT2D eigenvalue weighted by Crippen LogP contribution is -2.08. The molecule has 0 aliphatic carbocycles. The molecular weight excluding hydrogens is 607 g/mol. The topological polar surface area (TPSA) is 90.9 Å². The van der Waals surface area contributed by atoms with Crippen LogP contribution >= 0.6 is 12.2 Å². The van der Waals surface area contributed by atoms with E-state index in [0.717, 1.165) is 24.1 Å². The SMILES string of the molecule is CC(=O)C=O.CCC(CC(=O)OC)c1ccccc1.CCOC=S.CNc1cc(COc2ccc(C)cc2)cc(C(F)(F)F)c1. The summed E-state index contributed by atoms with van der Waals surface area (Å²) < 4.78 is 53.2. The van der Waals surface area contributed by atoms with E-state index in [9.17, 15) is 22.8 Å². The number of carbonyl (C=O) groups excluding carboxylic acids is 3. The lowest BCUT2D eigenvalue weighted by molar-refractivity contribution is -0.141. The smallest absolute Gasteiger partial charge is 0.416 e. The average molecular weight is 650 g/mol. The van der Waals surface area contributed by atoms with E-state index < -0.39 is 17.5 Å². The Morgan fingerprint density at radius 3 is 2.02 bits per heavy atom. The van der Waals surface area contributed by atoms with E-state index in [1.165, 1.54) is 25.2 Å². The summed E-state index contributed by atoms with van der Waals surface area (Å²) in [6.45, 7) is 7.91. The maximum atomic E-state index is 12.8. The summed E-state index contributed by atoms with van der Waals surface area (Å²) in [6.07, 6.45) is -2.67. The first-order valence-corrected chi connectivity index (χ1v) is 14.5. The third kappa shape index (κ3) is 18.9. The van der Waals surface area contributed by atoms with Gasteiger partial charge in [0.05, 0.1) is 25.7 Å². The number of Topliss-reactive ketones (excluding diaryl/α,β-unsaturated/α-hetero) is 1. The molecule has 0 aliphatic heterocycles. The maximum absolute atomic E-state index is 12.8. The summed E-state index contributed by atoms with van der Waals surface area (Å²) >= 11 is 4.30. The highest BCUT2D eigenvalue weighted by atomic mass is 32.1. The quantitative estimate of drug-likeness (QED) is 0.0964. The van der Waals surface area contributed by atoms with E-state index in [1.54, 1.807) is 25.2 Å². The number of ketones is 1. The second kappa shape index (κ2) is 23.2. The predicted molar refractivity (Wildman–Crippen MR) is 175 cm³/mol. The molecule has 0 saturated carbocycles. The Balaban J connectivity index is 0.000000690. The molecule has 7 nitrogen and oxygen atoms in total. The van der Waals surface area contributed by atoms with Gasteiger partial charge in [0.25, 0.3) is 0 Å². The van der Waals surface area contributed by atoms with Gasteiger partial charge in [-0.05, 0) is 79.9 Å². The summed E-state index contributed by atoms with van der Waals surface area (Å²) in [5, 5.41) is 2.73. The van der Waals surface area contributed by atoms with Crippen LogP contribution in [-0.2, 0) is 36.6 Å². The van der Waals surface area contributed by atoms with Crippen LogP contribution < -0.4 is 10.1 Å². The number of thiocarbonyl (C=S) groups is 1. The number of benzene rings is 3. The number of hydrogen-bond donors (Lipinski definition) is 1. The van der Waals surface area contributed by atoms with Crippen molar-refractivity contribution in [3.8, 4) is 5.75 Å². The zero-order chi connectivity index (χ0) is 34.3. The molecule has 3 aromatic rings. The molecule has 3 rings (SSSR count). The molecule has 0 fully saturated rings. The molecule has 0 aliphatic rings. The van der Waals surface area contributed by atoms with Crippen molar-refractivity contribution in [3.63, 3.8) is 0 Å². The van der Waals surface area contributed by atoms with Crippen LogP contribution in [0, 0.1) is 6.92 Å². The van der Waals surface area contributed by atoms with Gasteiger partial charge < -0.3 is 19.5 Å². The minimum absolute atomic E-state index is 0.0850. The monoisotopic (exact) mass is 649 g/mol. The molecule has 0 spiro atoms.